The van der Waals surface area contributed by atoms with Gasteiger partial charge in [-0.1, -0.05) is 12.8 Å². The van der Waals surface area contributed by atoms with E-state index >= 15 is 0 Å². The van der Waals surface area contributed by atoms with Gasteiger partial charge in [-0.25, -0.2) is 4.98 Å². The zero-order chi connectivity index (χ0) is 13.7. The van der Waals surface area contributed by atoms with Gasteiger partial charge in [0.1, 0.15) is 5.82 Å². The summed E-state index contributed by atoms with van der Waals surface area (Å²) >= 11 is 0. The number of aryl methyl sites for hydroxylation is 1. The number of ether oxygens (including phenoxy) is 1. The van der Waals surface area contributed by atoms with Crippen molar-refractivity contribution >= 4 is 5.82 Å². The SMILES string of the molecule is [CH2-]CCCOC1CCCC1Cc1cc(C)cc(N)n1.[CH3-].[Y]. The molecule has 1 radical (unpaired) electrons. The Morgan fingerprint density at radius 1 is 1.38 bits per heavy atom. The summed E-state index contributed by atoms with van der Waals surface area (Å²) in [7, 11) is 0. The number of hydrogen-bond donors (Lipinski definition) is 1. The summed E-state index contributed by atoms with van der Waals surface area (Å²) in [4.78, 5) is 4.44. The Morgan fingerprint density at radius 2 is 2.14 bits per heavy atom. The molecule has 1 aromatic rings. The molecule has 4 heteroatoms. The quantitative estimate of drug-likeness (QED) is 0.617. The minimum absolute atomic E-state index is 0. The van der Waals surface area contributed by atoms with E-state index in [0.29, 0.717) is 17.8 Å². The first-order valence-electron chi connectivity index (χ1n) is 7.33. The van der Waals surface area contributed by atoms with Gasteiger partial charge in [0.05, 0.1) is 6.10 Å². The van der Waals surface area contributed by atoms with E-state index < -0.39 is 0 Å². The molecule has 1 aromatic heterocycles. The van der Waals surface area contributed by atoms with Gasteiger partial charge in [-0.3, -0.25) is 0 Å². The third-order valence-corrected chi connectivity index (χ3v) is 3.83. The fourth-order valence-corrected chi connectivity index (χ4v) is 2.93. The fraction of sp³-hybridized carbons (Fsp3) is 0.588. The number of aromatic nitrogens is 1. The first kappa shape index (κ1) is 21.0. The Hall–Kier alpha value is 0.0139. The fourth-order valence-electron chi connectivity index (χ4n) is 2.93. The van der Waals surface area contributed by atoms with Crippen LogP contribution < -0.4 is 5.73 Å². The topological polar surface area (TPSA) is 48.1 Å². The third-order valence-electron chi connectivity index (χ3n) is 3.83. The van der Waals surface area contributed by atoms with Crippen LogP contribution in [0.2, 0.25) is 0 Å². The van der Waals surface area contributed by atoms with E-state index in [0.717, 1.165) is 31.6 Å². The van der Waals surface area contributed by atoms with Crippen molar-refractivity contribution in [2.45, 2.75) is 51.6 Å². The molecule has 1 fully saturated rings. The van der Waals surface area contributed by atoms with Crippen LogP contribution in [0.15, 0.2) is 12.1 Å². The molecule has 0 bridgehead atoms. The molecule has 0 aromatic carbocycles. The van der Waals surface area contributed by atoms with Crippen LogP contribution in [-0.4, -0.2) is 17.7 Å². The Balaban J connectivity index is 0.00000200. The molecule has 2 unspecified atom stereocenters. The van der Waals surface area contributed by atoms with Gasteiger partial charge in [0, 0.05) is 45.0 Å². The van der Waals surface area contributed by atoms with Gasteiger partial charge in [0.15, 0.2) is 0 Å². The number of anilines is 1. The molecule has 21 heavy (non-hydrogen) atoms. The van der Waals surface area contributed by atoms with E-state index in [-0.39, 0.29) is 40.1 Å². The smallest absolute Gasteiger partial charge is 0.123 e. The summed E-state index contributed by atoms with van der Waals surface area (Å²) in [5.74, 6) is 1.22. The van der Waals surface area contributed by atoms with Crippen molar-refractivity contribution in [1.29, 1.82) is 0 Å². The zero-order valence-electron chi connectivity index (χ0n) is 13.5. The number of rotatable bonds is 6. The van der Waals surface area contributed by atoms with E-state index in [1.807, 2.05) is 6.07 Å². The van der Waals surface area contributed by atoms with E-state index in [9.17, 15) is 0 Å². The van der Waals surface area contributed by atoms with Gasteiger partial charge < -0.3 is 24.8 Å². The van der Waals surface area contributed by atoms with Gasteiger partial charge in [-0.2, -0.15) is 6.42 Å². The first-order valence-corrected chi connectivity index (χ1v) is 7.33. The molecule has 1 heterocycles. The van der Waals surface area contributed by atoms with Crippen LogP contribution >= 0.6 is 0 Å². The summed E-state index contributed by atoms with van der Waals surface area (Å²) in [6.07, 6.45) is 7.08. The molecule has 3 nitrogen and oxygen atoms in total. The number of nitrogen functional groups attached to an aromatic ring is 1. The largest absolute Gasteiger partial charge is 0.384 e. The van der Waals surface area contributed by atoms with Crippen LogP contribution in [0.4, 0.5) is 5.82 Å². The molecule has 0 saturated heterocycles. The van der Waals surface area contributed by atoms with Crippen molar-refractivity contribution in [1.82, 2.24) is 4.98 Å². The molecule has 0 aliphatic heterocycles. The van der Waals surface area contributed by atoms with Gasteiger partial charge >= 0.3 is 0 Å². The average molecular weight is 365 g/mol. The number of nitrogens with zero attached hydrogens (tertiary/aromatic N) is 1. The maximum atomic E-state index is 5.99. The van der Waals surface area contributed by atoms with Crippen LogP contribution in [0.5, 0.6) is 0 Å². The maximum absolute atomic E-state index is 5.99. The minimum atomic E-state index is 0. The van der Waals surface area contributed by atoms with Crippen molar-refractivity contribution in [3.8, 4) is 0 Å². The number of unbranched alkanes of at least 4 members (excludes halogenated alkanes) is 1. The van der Waals surface area contributed by atoms with Crippen molar-refractivity contribution in [3.05, 3.63) is 37.7 Å². The number of nitrogens with two attached hydrogens (primary N) is 1. The summed E-state index contributed by atoms with van der Waals surface area (Å²) in [5.41, 5.74) is 8.11. The Bertz CT molecular complexity index is 392. The molecule has 117 valence electrons. The summed E-state index contributed by atoms with van der Waals surface area (Å²) in [6.45, 7) is 6.76. The van der Waals surface area contributed by atoms with E-state index in [4.69, 9.17) is 10.5 Å². The van der Waals surface area contributed by atoms with Gasteiger partial charge in [0.25, 0.3) is 0 Å². The molecule has 1 aliphatic rings. The van der Waals surface area contributed by atoms with Crippen LogP contribution in [-0.2, 0) is 43.9 Å². The van der Waals surface area contributed by atoms with Crippen molar-refractivity contribution in [2.24, 2.45) is 5.92 Å². The molecule has 2 N–H and O–H groups in total. The van der Waals surface area contributed by atoms with Crippen molar-refractivity contribution in [3.63, 3.8) is 0 Å². The standard InChI is InChI=1S/C16H25N2O.CH3.Y/c1-3-4-8-19-15-7-5-6-13(15)11-14-9-12(2)10-16(17)18-14;;/h9-10,13,15H,1,3-8,11H2,2H3,(H2,17,18);1H3;/q2*-1;. The van der Waals surface area contributed by atoms with Gasteiger partial charge in [-0.15, -0.1) is 0 Å². The average Bonchev–Trinajstić information content (AvgIpc) is 2.76. The second kappa shape index (κ2) is 10.7. The van der Waals surface area contributed by atoms with E-state index in [1.165, 1.54) is 24.8 Å². The predicted molar refractivity (Wildman–Crippen MR) is 85.2 cm³/mol. The molecular formula is C17H28N2OY-2. The Morgan fingerprint density at radius 3 is 2.81 bits per heavy atom. The van der Waals surface area contributed by atoms with Crippen LogP contribution in [0.3, 0.4) is 0 Å². The van der Waals surface area contributed by atoms with Crippen molar-refractivity contribution in [2.75, 3.05) is 12.3 Å². The first-order chi connectivity index (χ1) is 9.19. The van der Waals surface area contributed by atoms with E-state index in [2.05, 4.69) is 24.9 Å². The second-order valence-electron chi connectivity index (χ2n) is 5.57. The van der Waals surface area contributed by atoms with Gasteiger partial charge in [-0.05, 0) is 49.8 Å². The van der Waals surface area contributed by atoms with Crippen molar-refractivity contribution < 1.29 is 37.4 Å². The molecule has 2 rings (SSSR count). The van der Waals surface area contributed by atoms with Crippen LogP contribution in [0.1, 0.15) is 43.4 Å². The van der Waals surface area contributed by atoms with Gasteiger partial charge in [0.2, 0.25) is 0 Å². The third kappa shape index (κ3) is 6.75. The number of hydrogen-bond acceptors (Lipinski definition) is 3. The summed E-state index contributed by atoms with van der Waals surface area (Å²) < 4.78 is 5.99. The van der Waals surface area contributed by atoms with Crippen LogP contribution in [0, 0.1) is 27.2 Å². The summed E-state index contributed by atoms with van der Waals surface area (Å²) in [6, 6.07) is 4.06. The minimum Gasteiger partial charge on any atom is -0.384 e. The number of pyridine rings is 1. The molecular weight excluding hydrogens is 337 g/mol. The molecule has 0 spiro atoms. The maximum Gasteiger partial charge on any atom is 0.123 e. The normalized spacial score (nSPS) is 20.7. The molecule has 2 atom stereocenters. The zero-order valence-corrected chi connectivity index (χ0v) is 16.3. The second-order valence-corrected chi connectivity index (χ2v) is 5.57. The molecule has 1 saturated carbocycles. The molecule has 1 aliphatic carbocycles. The summed E-state index contributed by atoms with van der Waals surface area (Å²) in [5, 5.41) is 0. The molecule has 0 amide bonds. The predicted octanol–water partition coefficient (Wildman–Crippen LogP) is 3.76. The van der Waals surface area contributed by atoms with E-state index in [1.54, 1.807) is 0 Å². The Kier molecular flexibility index (Phi) is 10.7. The monoisotopic (exact) mass is 365 g/mol. The Labute approximate surface area is 155 Å². The van der Waals surface area contributed by atoms with Crippen LogP contribution in [0.25, 0.3) is 0 Å².